The lowest BCUT2D eigenvalue weighted by Gasteiger charge is -2.09. The molecule has 0 spiro atoms. The summed E-state index contributed by atoms with van der Waals surface area (Å²) in [5, 5.41) is 3.29. The average molecular weight is 456 g/mol. The molecule has 3 aromatic carbocycles. The van der Waals surface area contributed by atoms with Crippen LogP contribution in [0.4, 0.5) is 0 Å². The van der Waals surface area contributed by atoms with Crippen LogP contribution in [0, 0.1) is 0 Å². The van der Waals surface area contributed by atoms with Gasteiger partial charge in [-0.15, -0.1) is 0 Å². The van der Waals surface area contributed by atoms with Gasteiger partial charge in [0.1, 0.15) is 12.3 Å². The molecule has 0 radical (unpaired) electrons. The molecular formula is C27H24N2O5. The van der Waals surface area contributed by atoms with Crippen molar-refractivity contribution in [1.82, 2.24) is 9.88 Å². The first kappa shape index (κ1) is 22.8. The summed E-state index contributed by atoms with van der Waals surface area (Å²) in [7, 11) is 3.44. The number of amides is 1. The van der Waals surface area contributed by atoms with Gasteiger partial charge in [0.2, 0.25) is 5.78 Å². The molecule has 172 valence electrons. The van der Waals surface area contributed by atoms with Gasteiger partial charge in [-0.05, 0) is 35.9 Å². The van der Waals surface area contributed by atoms with Crippen LogP contribution in [0.5, 0.6) is 5.75 Å². The molecule has 0 aliphatic carbocycles. The molecule has 4 aromatic rings. The van der Waals surface area contributed by atoms with E-state index in [4.69, 9.17) is 9.47 Å². The summed E-state index contributed by atoms with van der Waals surface area (Å²) < 4.78 is 12.2. The Hall–Kier alpha value is -4.39. The molecule has 0 aliphatic rings. The van der Waals surface area contributed by atoms with Crippen molar-refractivity contribution in [2.75, 3.05) is 20.3 Å². The predicted molar refractivity (Wildman–Crippen MR) is 129 cm³/mol. The summed E-state index contributed by atoms with van der Waals surface area (Å²) in [5.74, 6) is -0.814. The Bertz CT molecular complexity index is 1340. The highest BCUT2D eigenvalue weighted by Gasteiger charge is 2.23. The maximum atomic E-state index is 13.2. The lowest BCUT2D eigenvalue weighted by Crippen LogP contribution is -2.31. The van der Waals surface area contributed by atoms with E-state index in [0.29, 0.717) is 16.9 Å². The van der Waals surface area contributed by atoms with Crippen molar-refractivity contribution in [3.63, 3.8) is 0 Å². The van der Waals surface area contributed by atoms with Crippen LogP contribution < -0.4 is 10.1 Å². The fourth-order valence-electron chi connectivity index (χ4n) is 3.88. The van der Waals surface area contributed by atoms with Gasteiger partial charge in [-0.1, -0.05) is 48.5 Å². The van der Waals surface area contributed by atoms with Crippen LogP contribution in [0.1, 0.15) is 20.7 Å². The number of nitrogens with one attached hydrogen (secondary N) is 1. The normalized spacial score (nSPS) is 10.6. The number of aromatic nitrogens is 1. The van der Waals surface area contributed by atoms with Gasteiger partial charge in [0.05, 0.1) is 18.4 Å². The molecule has 34 heavy (non-hydrogen) atoms. The van der Waals surface area contributed by atoms with Crippen LogP contribution in [0.2, 0.25) is 0 Å². The second-order valence-corrected chi connectivity index (χ2v) is 7.66. The van der Waals surface area contributed by atoms with E-state index < -0.39 is 18.5 Å². The maximum absolute atomic E-state index is 13.2. The first-order chi connectivity index (χ1) is 16.5. The Morgan fingerprint density at radius 2 is 1.56 bits per heavy atom. The molecule has 1 aromatic heterocycles. The quantitative estimate of drug-likeness (QED) is 0.320. The maximum Gasteiger partial charge on any atom is 0.325 e. The van der Waals surface area contributed by atoms with Crippen molar-refractivity contribution in [3.8, 4) is 17.0 Å². The summed E-state index contributed by atoms with van der Waals surface area (Å²) in [6.45, 7) is -0.774. The lowest BCUT2D eigenvalue weighted by molar-refractivity contribution is -0.141. The van der Waals surface area contributed by atoms with Gasteiger partial charge < -0.3 is 19.4 Å². The molecule has 0 saturated carbocycles. The number of ketones is 1. The largest absolute Gasteiger partial charge is 0.497 e. The van der Waals surface area contributed by atoms with Crippen LogP contribution in [-0.4, -0.2) is 42.5 Å². The molecule has 0 bridgehead atoms. The molecule has 0 aliphatic heterocycles. The van der Waals surface area contributed by atoms with Gasteiger partial charge >= 0.3 is 5.97 Å². The fourth-order valence-corrected chi connectivity index (χ4v) is 3.88. The zero-order valence-corrected chi connectivity index (χ0v) is 18.9. The number of esters is 1. The van der Waals surface area contributed by atoms with Crippen molar-refractivity contribution < 1.29 is 23.9 Å². The Labute approximate surface area is 196 Å². The van der Waals surface area contributed by atoms with E-state index in [1.54, 1.807) is 24.3 Å². The number of benzene rings is 3. The van der Waals surface area contributed by atoms with E-state index in [2.05, 4.69) is 5.32 Å². The Morgan fingerprint density at radius 3 is 2.26 bits per heavy atom. The van der Waals surface area contributed by atoms with Crippen LogP contribution in [-0.2, 0) is 16.6 Å². The van der Waals surface area contributed by atoms with Crippen LogP contribution in [0.3, 0.4) is 0 Å². The molecule has 0 atom stereocenters. The topological polar surface area (TPSA) is 86.6 Å². The second-order valence-electron chi connectivity index (χ2n) is 7.66. The molecule has 0 saturated heterocycles. The standard InChI is InChI=1S/C27H24N2O5/c1-29-22-11-7-6-10-21(22)25(26(29)18-8-4-3-5-9-18)23(30)17-34-24(31)16-28-27(32)19-12-14-20(33-2)15-13-19/h3-15H,16-17H2,1-2H3,(H,28,32). The van der Waals surface area contributed by atoms with Crippen molar-refractivity contribution in [3.05, 3.63) is 90.0 Å². The third kappa shape index (κ3) is 4.68. The monoisotopic (exact) mass is 456 g/mol. The summed E-state index contributed by atoms with van der Waals surface area (Å²) in [6, 6.07) is 23.7. The van der Waals surface area contributed by atoms with E-state index in [9.17, 15) is 14.4 Å². The highest BCUT2D eigenvalue weighted by Crippen LogP contribution is 2.33. The Morgan fingerprint density at radius 1 is 0.882 bits per heavy atom. The SMILES string of the molecule is COc1ccc(C(=O)NCC(=O)OCC(=O)c2c(-c3ccccc3)n(C)c3ccccc23)cc1. The predicted octanol–water partition coefficient (Wildman–Crippen LogP) is 4.01. The number of rotatable bonds is 8. The molecule has 1 heterocycles. The minimum absolute atomic E-state index is 0.314. The van der Waals surface area contributed by atoms with Crippen LogP contribution in [0.15, 0.2) is 78.9 Å². The van der Waals surface area contributed by atoms with Crippen molar-refractivity contribution in [2.45, 2.75) is 0 Å². The summed E-state index contributed by atoms with van der Waals surface area (Å²) in [5.41, 5.74) is 3.44. The number of methoxy groups -OCH3 is 1. The van der Waals surface area contributed by atoms with Gasteiger partial charge in [0, 0.05) is 23.5 Å². The van der Waals surface area contributed by atoms with E-state index >= 15 is 0 Å². The molecule has 0 fully saturated rings. The lowest BCUT2D eigenvalue weighted by atomic mass is 10.0. The zero-order valence-electron chi connectivity index (χ0n) is 18.9. The molecular weight excluding hydrogens is 432 g/mol. The smallest absolute Gasteiger partial charge is 0.325 e. The Kier molecular flexibility index (Phi) is 6.73. The third-order valence-electron chi connectivity index (χ3n) is 5.54. The minimum Gasteiger partial charge on any atom is -0.497 e. The number of hydrogen-bond donors (Lipinski definition) is 1. The summed E-state index contributed by atoms with van der Waals surface area (Å²) >= 11 is 0. The molecule has 0 unspecified atom stereocenters. The van der Waals surface area contributed by atoms with Crippen molar-refractivity contribution >= 4 is 28.6 Å². The molecule has 4 rings (SSSR count). The minimum atomic E-state index is -0.697. The number of nitrogens with zero attached hydrogens (tertiary/aromatic N) is 1. The highest BCUT2D eigenvalue weighted by molar-refractivity contribution is 6.14. The van der Waals surface area contributed by atoms with E-state index in [0.717, 1.165) is 22.2 Å². The summed E-state index contributed by atoms with van der Waals surface area (Å²) in [4.78, 5) is 37.7. The zero-order chi connectivity index (χ0) is 24.1. The molecule has 1 N–H and O–H groups in total. The van der Waals surface area contributed by atoms with Crippen molar-refractivity contribution in [1.29, 1.82) is 0 Å². The number of hydrogen-bond acceptors (Lipinski definition) is 5. The second kappa shape index (κ2) is 10.0. The molecule has 7 heteroatoms. The number of carbonyl (C=O) groups is 3. The highest BCUT2D eigenvalue weighted by atomic mass is 16.5. The van der Waals surface area contributed by atoms with Gasteiger partial charge in [-0.2, -0.15) is 0 Å². The van der Waals surface area contributed by atoms with E-state index in [1.165, 1.54) is 7.11 Å². The number of Topliss-reactive ketones (excluding diaryl/α,β-unsaturated/α-hetero) is 1. The van der Waals surface area contributed by atoms with Crippen LogP contribution in [0.25, 0.3) is 22.2 Å². The first-order valence-corrected chi connectivity index (χ1v) is 10.7. The van der Waals surface area contributed by atoms with E-state index in [1.807, 2.05) is 66.2 Å². The average Bonchev–Trinajstić information content (AvgIpc) is 3.18. The molecule has 7 nitrogen and oxygen atoms in total. The number of para-hydroxylation sites is 1. The van der Waals surface area contributed by atoms with Crippen molar-refractivity contribution in [2.24, 2.45) is 7.05 Å². The van der Waals surface area contributed by atoms with Gasteiger partial charge in [-0.25, -0.2) is 0 Å². The van der Waals surface area contributed by atoms with Crippen LogP contribution >= 0.6 is 0 Å². The van der Waals surface area contributed by atoms with Gasteiger partial charge in [0.15, 0.2) is 6.61 Å². The summed E-state index contributed by atoms with van der Waals surface area (Å²) in [6.07, 6.45) is 0. The van der Waals surface area contributed by atoms with E-state index in [-0.39, 0.29) is 12.3 Å². The van der Waals surface area contributed by atoms with Gasteiger partial charge in [0.25, 0.3) is 5.91 Å². The third-order valence-corrected chi connectivity index (χ3v) is 5.54. The van der Waals surface area contributed by atoms with Gasteiger partial charge in [-0.3, -0.25) is 14.4 Å². The fraction of sp³-hybridized carbons (Fsp3) is 0.148. The number of carbonyl (C=O) groups excluding carboxylic acids is 3. The molecule has 1 amide bonds. The first-order valence-electron chi connectivity index (χ1n) is 10.7. The Balaban J connectivity index is 1.45. The number of aryl methyl sites for hydroxylation is 1. The number of fused-ring (bicyclic) bond motifs is 1. The number of ether oxygens (including phenoxy) is 2.